The van der Waals surface area contributed by atoms with Crippen molar-refractivity contribution >= 4 is 15.9 Å². The number of hydrogen-bond acceptors (Lipinski definition) is 2. The predicted octanol–water partition coefficient (Wildman–Crippen LogP) is 3.14. The lowest BCUT2D eigenvalue weighted by Gasteiger charge is -2.31. The van der Waals surface area contributed by atoms with Crippen LogP contribution in [-0.2, 0) is 9.47 Å². The molecule has 0 radical (unpaired) electrons. The van der Waals surface area contributed by atoms with Gasteiger partial charge in [0.05, 0.1) is 18.8 Å². The molecule has 1 aliphatic carbocycles. The molecule has 1 saturated carbocycles. The monoisotopic (exact) mass is 264 g/mol. The minimum Gasteiger partial charge on any atom is -0.382 e. The molecule has 0 bridgehead atoms. The Kier molecular flexibility index (Phi) is 6.06. The molecule has 0 aliphatic heterocycles. The molecule has 3 heteroatoms. The highest BCUT2D eigenvalue weighted by Crippen LogP contribution is 2.31. The molecule has 0 unspecified atom stereocenters. The van der Waals surface area contributed by atoms with Crippen molar-refractivity contribution in [1.29, 1.82) is 0 Å². The van der Waals surface area contributed by atoms with Crippen LogP contribution < -0.4 is 0 Å². The third-order valence-corrected chi connectivity index (χ3v) is 3.98. The van der Waals surface area contributed by atoms with Crippen molar-refractivity contribution in [2.24, 2.45) is 0 Å². The van der Waals surface area contributed by atoms with Gasteiger partial charge in [-0.15, -0.1) is 0 Å². The predicted molar refractivity (Wildman–Crippen MR) is 62.1 cm³/mol. The van der Waals surface area contributed by atoms with E-state index in [1.165, 1.54) is 38.5 Å². The van der Waals surface area contributed by atoms with Gasteiger partial charge in [-0.1, -0.05) is 41.6 Å². The molecule has 1 rings (SSSR count). The van der Waals surface area contributed by atoms with E-state index in [9.17, 15) is 0 Å². The van der Waals surface area contributed by atoms with Crippen LogP contribution >= 0.6 is 15.9 Å². The van der Waals surface area contributed by atoms with E-state index in [-0.39, 0.29) is 5.60 Å². The van der Waals surface area contributed by atoms with E-state index in [0.717, 1.165) is 11.9 Å². The van der Waals surface area contributed by atoms with Gasteiger partial charge in [0.25, 0.3) is 0 Å². The molecule has 0 atom stereocenters. The zero-order valence-electron chi connectivity index (χ0n) is 9.06. The number of rotatable bonds is 5. The van der Waals surface area contributed by atoms with Crippen LogP contribution in [-0.4, -0.2) is 31.3 Å². The van der Waals surface area contributed by atoms with Crippen LogP contribution in [0.25, 0.3) is 0 Å². The van der Waals surface area contributed by atoms with Gasteiger partial charge in [0.1, 0.15) is 0 Å². The second kappa shape index (κ2) is 6.81. The molecule has 0 aromatic heterocycles. The zero-order chi connectivity index (χ0) is 10.3. The van der Waals surface area contributed by atoms with E-state index in [2.05, 4.69) is 15.9 Å². The largest absolute Gasteiger partial charge is 0.382 e. The van der Waals surface area contributed by atoms with Crippen LogP contribution in [0.15, 0.2) is 0 Å². The molecule has 14 heavy (non-hydrogen) atoms. The van der Waals surface area contributed by atoms with Gasteiger partial charge in [0.15, 0.2) is 0 Å². The zero-order valence-corrected chi connectivity index (χ0v) is 10.6. The fraction of sp³-hybridized carbons (Fsp3) is 1.00. The van der Waals surface area contributed by atoms with E-state index in [1.54, 1.807) is 7.11 Å². The molecule has 2 nitrogen and oxygen atoms in total. The summed E-state index contributed by atoms with van der Waals surface area (Å²) >= 11 is 3.59. The lowest BCUT2D eigenvalue weighted by atomic mass is 9.97. The third-order valence-electron chi connectivity index (χ3n) is 2.95. The summed E-state index contributed by atoms with van der Waals surface area (Å²) in [5.74, 6) is 0. The smallest absolute Gasteiger partial charge is 0.0780 e. The Bertz CT molecular complexity index is 142. The highest BCUT2D eigenvalue weighted by molar-refractivity contribution is 9.09. The summed E-state index contributed by atoms with van der Waals surface area (Å²) in [5.41, 5.74) is 0.0923. The van der Waals surface area contributed by atoms with Gasteiger partial charge in [0.2, 0.25) is 0 Å². The first-order valence-corrected chi connectivity index (χ1v) is 6.64. The lowest BCUT2D eigenvalue weighted by molar-refractivity contribution is -0.0556. The summed E-state index contributed by atoms with van der Waals surface area (Å²) in [4.78, 5) is 0. The molecule has 0 N–H and O–H groups in total. The lowest BCUT2D eigenvalue weighted by Crippen LogP contribution is -2.35. The first-order chi connectivity index (χ1) is 6.83. The van der Waals surface area contributed by atoms with Crippen LogP contribution in [0.1, 0.15) is 38.5 Å². The molecular formula is C11H21BrO2. The summed E-state index contributed by atoms with van der Waals surface area (Å²) in [6.07, 6.45) is 7.73. The average molecular weight is 265 g/mol. The van der Waals surface area contributed by atoms with E-state index < -0.39 is 0 Å². The van der Waals surface area contributed by atoms with Crippen LogP contribution in [0.4, 0.5) is 0 Å². The molecule has 1 aliphatic rings. The second-order valence-electron chi connectivity index (χ2n) is 4.07. The molecule has 1 fully saturated rings. The third kappa shape index (κ3) is 3.87. The molecule has 0 aromatic carbocycles. The molecule has 0 spiro atoms. The standard InChI is InChI=1S/C11H21BrO2/c1-13-8-9-14-11(10-12)6-4-2-3-5-7-11/h2-10H2,1H3. The van der Waals surface area contributed by atoms with E-state index in [4.69, 9.17) is 9.47 Å². The summed E-state index contributed by atoms with van der Waals surface area (Å²) in [6, 6.07) is 0. The molecule has 0 amide bonds. The summed E-state index contributed by atoms with van der Waals surface area (Å²) < 4.78 is 11.0. The topological polar surface area (TPSA) is 18.5 Å². The minimum absolute atomic E-state index is 0.0923. The van der Waals surface area contributed by atoms with Crippen LogP contribution in [0.2, 0.25) is 0 Å². The van der Waals surface area contributed by atoms with E-state index >= 15 is 0 Å². The minimum atomic E-state index is 0.0923. The van der Waals surface area contributed by atoms with Crippen molar-refractivity contribution in [3.05, 3.63) is 0 Å². The van der Waals surface area contributed by atoms with Gasteiger partial charge in [-0.05, 0) is 12.8 Å². The fourth-order valence-electron chi connectivity index (χ4n) is 2.03. The van der Waals surface area contributed by atoms with Gasteiger partial charge in [0, 0.05) is 12.4 Å². The molecule has 0 aromatic rings. The first-order valence-electron chi connectivity index (χ1n) is 5.52. The van der Waals surface area contributed by atoms with Crippen molar-refractivity contribution in [2.75, 3.05) is 25.7 Å². The van der Waals surface area contributed by atoms with Gasteiger partial charge >= 0.3 is 0 Å². The Morgan fingerprint density at radius 2 is 1.71 bits per heavy atom. The summed E-state index contributed by atoms with van der Waals surface area (Å²) in [5, 5.41) is 0.962. The van der Waals surface area contributed by atoms with Crippen molar-refractivity contribution in [3.63, 3.8) is 0 Å². The van der Waals surface area contributed by atoms with Gasteiger partial charge in [-0.25, -0.2) is 0 Å². The molecule has 84 valence electrons. The van der Waals surface area contributed by atoms with E-state index in [0.29, 0.717) is 6.61 Å². The maximum atomic E-state index is 5.97. The van der Waals surface area contributed by atoms with Crippen LogP contribution in [0, 0.1) is 0 Å². The number of methoxy groups -OCH3 is 1. The Labute approximate surface area is 95.5 Å². The second-order valence-corrected chi connectivity index (χ2v) is 4.63. The van der Waals surface area contributed by atoms with Gasteiger partial charge < -0.3 is 9.47 Å². The molecule has 0 saturated heterocycles. The Hall–Kier alpha value is 0.400. The highest BCUT2D eigenvalue weighted by Gasteiger charge is 2.30. The Morgan fingerprint density at radius 1 is 1.07 bits per heavy atom. The number of hydrogen-bond donors (Lipinski definition) is 0. The normalized spacial score (nSPS) is 21.9. The van der Waals surface area contributed by atoms with Crippen molar-refractivity contribution < 1.29 is 9.47 Å². The number of ether oxygens (including phenoxy) is 2. The van der Waals surface area contributed by atoms with Crippen LogP contribution in [0.5, 0.6) is 0 Å². The summed E-state index contributed by atoms with van der Waals surface area (Å²) in [6.45, 7) is 1.43. The maximum absolute atomic E-state index is 5.97. The molecule has 0 heterocycles. The molecular weight excluding hydrogens is 244 g/mol. The Balaban J connectivity index is 2.37. The number of alkyl halides is 1. The van der Waals surface area contributed by atoms with E-state index in [1.807, 2.05) is 0 Å². The summed E-state index contributed by atoms with van der Waals surface area (Å²) in [7, 11) is 1.72. The van der Waals surface area contributed by atoms with Crippen molar-refractivity contribution in [1.82, 2.24) is 0 Å². The first kappa shape index (κ1) is 12.5. The fourth-order valence-corrected chi connectivity index (χ4v) is 2.75. The SMILES string of the molecule is COCCOC1(CBr)CCCCCC1. The maximum Gasteiger partial charge on any atom is 0.0780 e. The van der Waals surface area contributed by atoms with Crippen LogP contribution in [0.3, 0.4) is 0 Å². The van der Waals surface area contributed by atoms with Crippen molar-refractivity contribution in [2.45, 2.75) is 44.1 Å². The van der Waals surface area contributed by atoms with Crippen molar-refractivity contribution in [3.8, 4) is 0 Å². The Morgan fingerprint density at radius 3 is 2.21 bits per heavy atom. The van der Waals surface area contributed by atoms with Gasteiger partial charge in [-0.3, -0.25) is 0 Å². The average Bonchev–Trinajstić information content (AvgIpc) is 2.45. The quantitative estimate of drug-likeness (QED) is 0.432. The highest BCUT2D eigenvalue weighted by atomic mass is 79.9. The number of halogens is 1. The van der Waals surface area contributed by atoms with Gasteiger partial charge in [-0.2, -0.15) is 0 Å².